The molecule has 1 N–H and O–H groups in total. The normalized spacial score (nSPS) is 19.1. The molecule has 1 aromatic carbocycles. The van der Waals surface area contributed by atoms with Crippen LogP contribution in [0.15, 0.2) is 24.4 Å². The van der Waals surface area contributed by atoms with Crippen LogP contribution in [0.3, 0.4) is 0 Å². The van der Waals surface area contributed by atoms with Gasteiger partial charge < -0.3 is 9.72 Å². The molecule has 0 atom stereocenters. The minimum Gasteiger partial charge on any atom is -0.465 e. The number of carbonyl (C=O) groups excluding carboxylic acids is 2. The first-order chi connectivity index (χ1) is 10.2. The minimum atomic E-state index is -0.381. The number of esters is 1. The lowest BCUT2D eigenvalue weighted by atomic mass is 10.00. The van der Waals surface area contributed by atoms with Crippen molar-refractivity contribution in [2.75, 3.05) is 7.11 Å². The molecular weight excluding hydrogens is 278 g/mol. The lowest BCUT2D eigenvalue weighted by Gasteiger charge is -2.03. The van der Waals surface area contributed by atoms with Crippen molar-refractivity contribution in [1.29, 1.82) is 0 Å². The summed E-state index contributed by atoms with van der Waals surface area (Å²) in [6, 6.07) is 5.23. The summed E-state index contributed by atoms with van der Waals surface area (Å²) in [5.74, 6) is -0.180. The van der Waals surface area contributed by atoms with Gasteiger partial charge in [-0.1, -0.05) is 33.8 Å². The molecule has 1 fully saturated rings. The van der Waals surface area contributed by atoms with Crippen LogP contribution in [0.5, 0.6) is 0 Å². The van der Waals surface area contributed by atoms with E-state index in [9.17, 15) is 9.59 Å². The zero-order valence-electron chi connectivity index (χ0n) is 13.6. The molecule has 2 aromatic rings. The Morgan fingerprint density at radius 2 is 1.77 bits per heavy atom. The van der Waals surface area contributed by atoms with Gasteiger partial charge in [-0.15, -0.1) is 0 Å². The molecule has 116 valence electrons. The smallest absolute Gasteiger partial charge is 0.337 e. The number of benzene rings is 1. The first kappa shape index (κ1) is 14.8. The summed E-state index contributed by atoms with van der Waals surface area (Å²) in [6.45, 7) is 8.55. The van der Waals surface area contributed by atoms with Gasteiger partial charge in [0.15, 0.2) is 5.78 Å². The second kappa shape index (κ2) is 4.45. The van der Waals surface area contributed by atoms with Crippen LogP contribution in [0, 0.1) is 16.7 Å². The highest BCUT2D eigenvalue weighted by atomic mass is 16.5. The van der Waals surface area contributed by atoms with Gasteiger partial charge in [-0.2, -0.15) is 0 Å². The number of aromatic amines is 1. The molecule has 1 saturated carbocycles. The fraction of sp³-hybridized carbons (Fsp3) is 0.444. The van der Waals surface area contributed by atoms with E-state index in [0.29, 0.717) is 11.1 Å². The summed E-state index contributed by atoms with van der Waals surface area (Å²) in [4.78, 5) is 27.6. The number of ketones is 1. The van der Waals surface area contributed by atoms with Crippen LogP contribution in [0.4, 0.5) is 0 Å². The Kier molecular flexibility index (Phi) is 3.00. The molecular formula is C18H21NO3. The van der Waals surface area contributed by atoms with E-state index >= 15 is 0 Å². The second-order valence-corrected chi connectivity index (χ2v) is 7.19. The molecule has 0 spiro atoms. The highest BCUT2D eigenvalue weighted by Gasteiger charge is 2.68. The maximum Gasteiger partial charge on any atom is 0.337 e. The van der Waals surface area contributed by atoms with Gasteiger partial charge in [0.1, 0.15) is 0 Å². The average Bonchev–Trinajstić information content (AvgIpc) is 2.80. The van der Waals surface area contributed by atoms with Crippen molar-refractivity contribution in [1.82, 2.24) is 4.98 Å². The molecule has 3 rings (SSSR count). The molecule has 1 aromatic heterocycles. The number of nitrogens with one attached hydrogen (secondary N) is 1. The van der Waals surface area contributed by atoms with Crippen LogP contribution < -0.4 is 0 Å². The van der Waals surface area contributed by atoms with Crippen molar-refractivity contribution in [3.05, 3.63) is 35.5 Å². The second-order valence-electron chi connectivity index (χ2n) is 7.19. The van der Waals surface area contributed by atoms with Crippen LogP contribution in [0.2, 0.25) is 0 Å². The van der Waals surface area contributed by atoms with E-state index in [2.05, 4.69) is 32.7 Å². The molecule has 0 amide bonds. The third-order valence-electron chi connectivity index (χ3n) is 5.65. The number of aromatic nitrogens is 1. The Balaban J connectivity index is 2.00. The number of hydrogen-bond donors (Lipinski definition) is 1. The van der Waals surface area contributed by atoms with Crippen LogP contribution in [-0.4, -0.2) is 23.8 Å². The SMILES string of the molecule is COC(=O)c1ccc2c(C(=O)C3C(C)(C)C3(C)C)c[nH]c2c1. The molecule has 0 radical (unpaired) electrons. The molecule has 0 unspecified atom stereocenters. The van der Waals surface area contributed by atoms with E-state index in [4.69, 9.17) is 4.74 Å². The topological polar surface area (TPSA) is 59.2 Å². The Morgan fingerprint density at radius 3 is 2.32 bits per heavy atom. The Labute approximate surface area is 129 Å². The molecule has 1 aliphatic carbocycles. The fourth-order valence-electron chi connectivity index (χ4n) is 3.58. The van der Waals surface area contributed by atoms with E-state index in [0.717, 1.165) is 10.9 Å². The van der Waals surface area contributed by atoms with E-state index in [1.54, 1.807) is 18.3 Å². The van der Waals surface area contributed by atoms with Gasteiger partial charge in [-0.25, -0.2) is 4.79 Å². The largest absolute Gasteiger partial charge is 0.465 e. The first-order valence-corrected chi connectivity index (χ1v) is 7.45. The van der Waals surface area contributed by atoms with Gasteiger partial charge >= 0.3 is 5.97 Å². The Bertz CT molecular complexity index is 769. The summed E-state index contributed by atoms with van der Waals surface area (Å²) in [6.07, 6.45) is 1.75. The number of Topliss-reactive ketones (excluding diaryl/α,β-unsaturated/α-hetero) is 1. The molecule has 0 bridgehead atoms. The number of carbonyl (C=O) groups is 2. The molecule has 1 aliphatic rings. The van der Waals surface area contributed by atoms with Crippen LogP contribution >= 0.6 is 0 Å². The van der Waals surface area contributed by atoms with Gasteiger partial charge in [-0.05, 0) is 23.0 Å². The number of fused-ring (bicyclic) bond motifs is 1. The first-order valence-electron chi connectivity index (χ1n) is 7.45. The molecule has 0 aliphatic heterocycles. The number of ether oxygens (including phenoxy) is 1. The summed E-state index contributed by atoms with van der Waals surface area (Å²) in [7, 11) is 1.35. The minimum absolute atomic E-state index is 0.0135. The van der Waals surface area contributed by atoms with Crippen molar-refractivity contribution in [3.8, 4) is 0 Å². The highest BCUT2D eigenvalue weighted by molar-refractivity contribution is 6.11. The third-order valence-corrected chi connectivity index (χ3v) is 5.65. The molecule has 1 heterocycles. The number of hydrogen-bond acceptors (Lipinski definition) is 3. The standard InChI is InChI=1S/C18H21NO3/c1-17(2)15(18(17,3)4)14(20)12-9-19-13-8-10(16(21)22-5)6-7-11(12)13/h6-9,15,19H,1-5H3. The van der Waals surface area contributed by atoms with E-state index in [-0.39, 0.29) is 28.5 Å². The lowest BCUT2D eigenvalue weighted by molar-refractivity contribution is 0.0600. The van der Waals surface area contributed by atoms with Gasteiger partial charge in [0.05, 0.1) is 12.7 Å². The van der Waals surface area contributed by atoms with E-state index < -0.39 is 0 Å². The third kappa shape index (κ3) is 1.83. The van der Waals surface area contributed by atoms with Crippen LogP contribution in [0.1, 0.15) is 48.4 Å². The number of rotatable bonds is 3. The summed E-state index contributed by atoms with van der Waals surface area (Å²) in [5, 5.41) is 0.858. The quantitative estimate of drug-likeness (QED) is 0.692. The molecule has 4 nitrogen and oxygen atoms in total. The van der Waals surface area contributed by atoms with Crippen molar-refractivity contribution in [3.63, 3.8) is 0 Å². The fourth-order valence-corrected chi connectivity index (χ4v) is 3.58. The Morgan fingerprint density at radius 1 is 1.14 bits per heavy atom. The predicted octanol–water partition coefficient (Wildman–Crippen LogP) is 3.82. The van der Waals surface area contributed by atoms with Gasteiger partial charge in [-0.3, -0.25) is 4.79 Å². The number of methoxy groups -OCH3 is 1. The summed E-state index contributed by atoms with van der Waals surface area (Å²) >= 11 is 0. The van der Waals surface area contributed by atoms with Gasteiger partial charge in [0, 0.05) is 28.6 Å². The predicted molar refractivity (Wildman–Crippen MR) is 85.0 cm³/mol. The average molecular weight is 299 g/mol. The van der Waals surface area contributed by atoms with Crippen molar-refractivity contribution < 1.29 is 14.3 Å². The molecule has 4 heteroatoms. The lowest BCUT2D eigenvalue weighted by Crippen LogP contribution is -2.07. The van der Waals surface area contributed by atoms with Gasteiger partial charge in [0.2, 0.25) is 0 Å². The maximum absolute atomic E-state index is 12.9. The zero-order chi connectivity index (χ0) is 16.3. The van der Waals surface area contributed by atoms with Gasteiger partial charge in [0.25, 0.3) is 0 Å². The van der Waals surface area contributed by atoms with Crippen LogP contribution in [0.25, 0.3) is 10.9 Å². The van der Waals surface area contributed by atoms with Crippen molar-refractivity contribution in [2.45, 2.75) is 27.7 Å². The van der Waals surface area contributed by atoms with E-state index in [1.807, 2.05) is 6.07 Å². The monoisotopic (exact) mass is 299 g/mol. The van der Waals surface area contributed by atoms with Crippen molar-refractivity contribution >= 4 is 22.7 Å². The summed E-state index contributed by atoms with van der Waals surface area (Å²) in [5.41, 5.74) is 1.99. The van der Waals surface area contributed by atoms with Crippen LogP contribution in [-0.2, 0) is 4.74 Å². The summed E-state index contributed by atoms with van der Waals surface area (Å²) < 4.78 is 4.72. The highest BCUT2D eigenvalue weighted by Crippen LogP contribution is 2.69. The number of H-pyrrole nitrogens is 1. The Hall–Kier alpha value is -2.10. The molecule has 0 saturated heterocycles. The van der Waals surface area contributed by atoms with Crippen molar-refractivity contribution in [2.24, 2.45) is 16.7 Å². The van der Waals surface area contributed by atoms with E-state index in [1.165, 1.54) is 7.11 Å². The zero-order valence-corrected chi connectivity index (χ0v) is 13.6. The molecule has 22 heavy (non-hydrogen) atoms. The maximum atomic E-state index is 12.9.